The normalized spacial score (nSPS) is 15.1. The fourth-order valence-electron chi connectivity index (χ4n) is 3.20. The molecule has 29 heavy (non-hydrogen) atoms. The van der Waals surface area contributed by atoms with E-state index in [-0.39, 0.29) is 11.8 Å². The molecule has 3 heterocycles. The first-order chi connectivity index (χ1) is 14.2. The average Bonchev–Trinajstić information content (AvgIpc) is 3.33. The molecule has 1 aromatic heterocycles. The van der Waals surface area contributed by atoms with E-state index in [9.17, 15) is 4.79 Å². The van der Waals surface area contributed by atoms with Crippen molar-refractivity contribution in [3.63, 3.8) is 0 Å². The number of hydrogen-bond donors (Lipinski definition) is 3. The standard InChI is InChI=1S/C20H17ClN6OS/c21-17-15-10-23-7-12(15)4-5-16(17)25-20-27-26-19(29-20)11-2-1-3-14(6-11)24-18(28)13-8-22-9-13/h1-6,10,13,22H,7-9H2,(H,24,28)(H,25,27). The summed E-state index contributed by atoms with van der Waals surface area (Å²) in [5, 5.41) is 19.9. The number of rotatable bonds is 5. The largest absolute Gasteiger partial charge is 0.329 e. The van der Waals surface area contributed by atoms with Crippen molar-refractivity contribution in [1.29, 1.82) is 0 Å². The summed E-state index contributed by atoms with van der Waals surface area (Å²) in [6.45, 7) is 2.13. The first-order valence-electron chi connectivity index (χ1n) is 9.21. The minimum absolute atomic E-state index is 0.0373. The molecule has 3 aromatic rings. The molecule has 146 valence electrons. The molecule has 0 radical (unpaired) electrons. The Morgan fingerprint density at radius 1 is 1.21 bits per heavy atom. The van der Waals surface area contributed by atoms with Gasteiger partial charge >= 0.3 is 0 Å². The van der Waals surface area contributed by atoms with Gasteiger partial charge in [-0.25, -0.2) is 0 Å². The fraction of sp³-hybridized carbons (Fsp3) is 0.200. The maximum atomic E-state index is 12.2. The Hall–Kier alpha value is -2.81. The van der Waals surface area contributed by atoms with Gasteiger partial charge in [-0.2, -0.15) is 0 Å². The van der Waals surface area contributed by atoms with Crippen molar-refractivity contribution < 1.29 is 4.79 Å². The van der Waals surface area contributed by atoms with Gasteiger partial charge in [0.1, 0.15) is 5.01 Å². The van der Waals surface area contributed by atoms with Gasteiger partial charge < -0.3 is 16.0 Å². The van der Waals surface area contributed by atoms with E-state index in [4.69, 9.17) is 11.6 Å². The zero-order valence-corrected chi connectivity index (χ0v) is 16.8. The third-order valence-electron chi connectivity index (χ3n) is 4.95. The maximum absolute atomic E-state index is 12.2. The van der Waals surface area contributed by atoms with Gasteiger partial charge in [0, 0.05) is 36.1 Å². The smallest absolute Gasteiger partial charge is 0.230 e. The summed E-state index contributed by atoms with van der Waals surface area (Å²) < 4.78 is 0. The Morgan fingerprint density at radius 3 is 2.93 bits per heavy atom. The lowest BCUT2D eigenvalue weighted by atomic mass is 10.0. The van der Waals surface area contributed by atoms with Crippen LogP contribution >= 0.6 is 22.9 Å². The number of aromatic nitrogens is 2. The summed E-state index contributed by atoms with van der Waals surface area (Å²) in [4.78, 5) is 16.4. The highest BCUT2D eigenvalue weighted by Crippen LogP contribution is 2.35. The summed E-state index contributed by atoms with van der Waals surface area (Å²) >= 11 is 7.92. The number of nitrogens with one attached hydrogen (secondary N) is 3. The number of aliphatic imine (C=N–C) groups is 1. The van der Waals surface area contributed by atoms with Crippen LogP contribution in [0.4, 0.5) is 16.5 Å². The summed E-state index contributed by atoms with van der Waals surface area (Å²) in [7, 11) is 0. The highest BCUT2D eigenvalue weighted by molar-refractivity contribution is 7.18. The Labute approximate surface area is 176 Å². The monoisotopic (exact) mass is 424 g/mol. The predicted octanol–water partition coefficient (Wildman–Crippen LogP) is 3.69. The van der Waals surface area contributed by atoms with Crippen molar-refractivity contribution in [1.82, 2.24) is 15.5 Å². The molecule has 2 aliphatic rings. The molecule has 0 atom stereocenters. The quantitative estimate of drug-likeness (QED) is 0.581. The van der Waals surface area contributed by atoms with Gasteiger partial charge in [0.2, 0.25) is 11.0 Å². The summed E-state index contributed by atoms with van der Waals surface area (Å²) in [5.74, 6) is 0.0772. The molecule has 1 saturated heterocycles. The minimum Gasteiger partial charge on any atom is -0.329 e. The predicted molar refractivity (Wildman–Crippen MR) is 116 cm³/mol. The number of carbonyl (C=O) groups excluding carboxylic acids is 1. The molecule has 0 spiro atoms. The number of carbonyl (C=O) groups is 1. The topological polar surface area (TPSA) is 91.3 Å². The fourth-order valence-corrected chi connectivity index (χ4v) is 4.23. The van der Waals surface area contributed by atoms with Crippen LogP contribution in [0, 0.1) is 5.92 Å². The van der Waals surface area contributed by atoms with Crippen LogP contribution in [-0.2, 0) is 11.3 Å². The zero-order valence-electron chi connectivity index (χ0n) is 15.3. The van der Waals surface area contributed by atoms with E-state index in [1.807, 2.05) is 36.4 Å². The van der Waals surface area contributed by atoms with Crippen molar-refractivity contribution in [3.8, 4) is 10.6 Å². The highest BCUT2D eigenvalue weighted by Gasteiger charge is 2.24. The third-order valence-corrected chi connectivity index (χ3v) is 6.24. The van der Waals surface area contributed by atoms with Crippen molar-refractivity contribution in [3.05, 3.63) is 52.5 Å². The number of hydrogen-bond acceptors (Lipinski definition) is 7. The second kappa shape index (κ2) is 7.55. The third kappa shape index (κ3) is 3.62. The molecule has 9 heteroatoms. The minimum atomic E-state index is 0.0373. The van der Waals surface area contributed by atoms with E-state index >= 15 is 0 Å². The molecule has 2 aromatic carbocycles. The van der Waals surface area contributed by atoms with E-state index in [1.54, 1.807) is 6.21 Å². The van der Waals surface area contributed by atoms with Crippen LogP contribution in [0.3, 0.4) is 0 Å². The average molecular weight is 425 g/mol. The van der Waals surface area contributed by atoms with Gasteiger partial charge in [0.25, 0.3) is 0 Å². The molecule has 0 aliphatic carbocycles. The second-order valence-corrected chi connectivity index (χ2v) is 8.29. The van der Waals surface area contributed by atoms with Crippen LogP contribution in [0.5, 0.6) is 0 Å². The van der Waals surface area contributed by atoms with Gasteiger partial charge in [-0.3, -0.25) is 9.79 Å². The Balaban J connectivity index is 1.33. The van der Waals surface area contributed by atoms with E-state index in [0.717, 1.165) is 46.2 Å². The van der Waals surface area contributed by atoms with Crippen molar-refractivity contribution >= 4 is 51.6 Å². The molecular weight excluding hydrogens is 408 g/mol. The second-order valence-electron chi connectivity index (χ2n) is 6.93. The van der Waals surface area contributed by atoms with Crippen LogP contribution in [0.15, 0.2) is 41.4 Å². The lowest BCUT2D eigenvalue weighted by Gasteiger charge is -2.25. The summed E-state index contributed by atoms with van der Waals surface area (Å²) in [5.41, 5.74) is 4.50. The molecule has 0 saturated carbocycles. The molecule has 3 N–H and O–H groups in total. The van der Waals surface area contributed by atoms with Crippen molar-refractivity contribution in [2.24, 2.45) is 10.9 Å². The molecule has 2 aliphatic heterocycles. The van der Waals surface area contributed by atoms with E-state index in [1.165, 1.54) is 11.3 Å². The maximum Gasteiger partial charge on any atom is 0.230 e. The number of benzene rings is 2. The van der Waals surface area contributed by atoms with Crippen LogP contribution in [0.25, 0.3) is 10.6 Å². The molecule has 1 amide bonds. The number of halogens is 1. The van der Waals surface area contributed by atoms with E-state index in [2.05, 4.69) is 31.1 Å². The van der Waals surface area contributed by atoms with Gasteiger partial charge in [-0.05, 0) is 23.8 Å². The van der Waals surface area contributed by atoms with Crippen LogP contribution in [0.1, 0.15) is 11.1 Å². The number of fused-ring (bicyclic) bond motifs is 1. The van der Waals surface area contributed by atoms with Crippen molar-refractivity contribution in [2.45, 2.75) is 6.54 Å². The number of anilines is 3. The van der Waals surface area contributed by atoms with Gasteiger partial charge in [0.15, 0.2) is 0 Å². The SMILES string of the molecule is O=C(Nc1cccc(-c2nnc(Nc3ccc4c(c3Cl)C=NC4)s2)c1)C1CNC1. The number of amides is 1. The first kappa shape index (κ1) is 18.2. The Morgan fingerprint density at radius 2 is 2.10 bits per heavy atom. The number of nitrogens with zero attached hydrogens (tertiary/aromatic N) is 3. The van der Waals surface area contributed by atoms with Gasteiger partial charge in [-0.15, -0.1) is 10.2 Å². The lowest BCUT2D eigenvalue weighted by Crippen LogP contribution is -2.48. The van der Waals surface area contributed by atoms with Crippen molar-refractivity contribution in [2.75, 3.05) is 23.7 Å². The molecular formula is C20H17ClN6OS. The zero-order chi connectivity index (χ0) is 19.8. The highest BCUT2D eigenvalue weighted by atomic mass is 35.5. The Bertz CT molecular complexity index is 1120. The van der Waals surface area contributed by atoms with E-state index in [0.29, 0.717) is 16.7 Å². The molecule has 7 nitrogen and oxygen atoms in total. The summed E-state index contributed by atoms with van der Waals surface area (Å²) in [6.07, 6.45) is 1.80. The first-order valence-corrected chi connectivity index (χ1v) is 10.4. The van der Waals surface area contributed by atoms with Crippen LogP contribution in [-0.4, -0.2) is 35.4 Å². The van der Waals surface area contributed by atoms with Gasteiger partial charge in [-0.1, -0.05) is 41.1 Å². The van der Waals surface area contributed by atoms with Crippen LogP contribution in [0.2, 0.25) is 5.02 Å². The molecule has 5 rings (SSSR count). The Kier molecular flexibility index (Phi) is 4.75. The van der Waals surface area contributed by atoms with Crippen LogP contribution < -0.4 is 16.0 Å². The molecule has 0 unspecified atom stereocenters. The van der Waals surface area contributed by atoms with Gasteiger partial charge in [0.05, 0.1) is 23.2 Å². The molecule has 1 fully saturated rings. The lowest BCUT2D eigenvalue weighted by molar-refractivity contribution is -0.121. The molecule has 0 bridgehead atoms. The van der Waals surface area contributed by atoms with E-state index < -0.39 is 0 Å². The summed E-state index contributed by atoms with van der Waals surface area (Å²) in [6, 6.07) is 11.6.